The number of aryl methyl sites for hydroxylation is 1. The van der Waals surface area contributed by atoms with E-state index in [1.165, 1.54) is 18.2 Å². The van der Waals surface area contributed by atoms with E-state index in [1.54, 1.807) is 36.0 Å². The first-order valence-electron chi connectivity index (χ1n) is 7.87. The minimum absolute atomic E-state index is 0.0167. The maximum Gasteiger partial charge on any atom is 0.270 e. The fourth-order valence-corrected chi connectivity index (χ4v) is 2.77. The van der Waals surface area contributed by atoms with E-state index in [-0.39, 0.29) is 22.8 Å². The van der Waals surface area contributed by atoms with E-state index < -0.39 is 16.6 Å². The van der Waals surface area contributed by atoms with Crippen molar-refractivity contribution in [2.24, 2.45) is 0 Å². The number of non-ortho nitro benzene ring substituents is 1. The second-order valence-electron chi connectivity index (χ2n) is 5.73. The van der Waals surface area contributed by atoms with E-state index >= 15 is 0 Å². The predicted octanol–water partition coefficient (Wildman–Crippen LogP) is 3.81. The molecule has 1 aromatic heterocycles. The van der Waals surface area contributed by atoms with Gasteiger partial charge in [-0.25, -0.2) is 9.37 Å². The minimum atomic E-state index is -0.612. The van der Waals surface area contributed by atoms with E-state index in [1.807, 2.05) is 0 Å². The number of hydrogen-bond donors (Lipinski definition) is 1. The molecule has 3 aromatic rings. The molecule has 1 amide bonds. The first kappa shape index (κ1) is 18.5. The van der Waals surface area contributed by atoms with Crippen molar-refractivity contribution in [1.82, 2.24) is 14.9 Å². The number of nitrogens with one attached hydrogen (secondary N) is 1. The van der Waals surface area contributed by atoms with Gasteiger partial charge in [0.25, 0.3) is 11.6 Å². The van der Waals surface area contributed by atoms with Gasteiger partial charge in [-0.05, 0) is 30.7 Å². The van der Waals surface area contributed by atoms with Crippen molar-refractivity contribution in [3.05, 3.63) is 86.7 Å². The van der Waals surface area contributed by atoms with Gasteiger partial charge in [0.2, 0.25) is 0 Å². The first-order valence-corrected chi connectivity index (χ1v) is 8.25. The molecule has 0 unspecified atom stereocenters. The number of amides is 1. The average Bonchev–Trinajstić information content (AvgIpc) is 3.05. The Balaban J connectivity index is 1.75. The number of halogens is 2. The number of rotatable bonds is 5. The highest BCUT2D eigenvalue weighted by atomic mass is 35.5. The number of hydrogen-bond acceptors (Lipinski definition) is 4. The molecule has 2 aromatic carbocycles. The number of benzene rings is 2. The van der Waals surface area contributed by atoms with Crippen molar-refractivity contribution in [2.75, 3.05) is 0 Å². The molecule has 138 valence electrons. The monoisotopic (exact) mass is 388 g/mol. The summed E-state index contributed by atoms with van der Waals surface area (Å²) in [7, 11) is 0. The quantitative estimate of drug-likeness (QED) is 0.531. The zero-order valence-electron chi connectivity index (χ0n) is 14.1. The molecule has 1 N–H and O–H groups in total. The van der Waals surface area contributed by atoms with E-state index in [0.29, 0.717) is 17.1 Å². The topological polar surface area (TPSA) is 90.1 Å². The van der Waals surface area contributed by atoms with Gasteiger partial charge in [-0.1, -0.05) is 17.7 Å². The van der Waals surface area contributed by atoms with Crippen molar-refractivity contribution < 1.29 is 14.1 Å². The normalized spacial score (nSPS) is 10.6. The number of imidazole rings is 1. The van der Waals surface area contributed by atoms with Crippen molar-refractivity contribution in [2.45, 2.75) is 13.5 Å². The molecule has 3 rings (SSSR count). The standard InChI is InChI=1S/C18H14ClFN4O3/c1-11-21-6-7-23(11)17-5-2-12(8-16(17)20)10-22-18(25)14-9-13(24(26)27)3-4-15(14)19/h2-9H,10H2,1H3,(H,22,25). The van der Waals surface area contributed by atoms with Crippen LogP contribution in [0.3, 0.4) is 0 Å². The zero-order chi connectivity index (χ0) is 19.6. The molecule has 1 heterocycles. The lowest BCUT2D eigenvalue weighted by Crippen LogP contribution is -2.23. The molecule has 0 saturated carbocycles. The molecule has 0 saturated heterocycles. The maximum absolute atomic E-state index is 14.4. The van der Waals surface area contributed by atoms with Gasteiger partial charge in [-0.15, -0.1) is 0 Å². The van der Waals surface area contributed by atoms with Gasteiger partial charge in [0.15, 0.2) is 0 Å². The van der Waals surface area contributed by atoms with Crippen LogP contribution in [0.4, 0.5) is 10.1 Å². The summed E-state index contributed by atoms with van der Waals surface area (Å²) in [6.45, 7) is 1.80. The first-order chi connectivity index (χ1) is 12.9. The fraction of sp³-hybridized carbons (Fsp3) is 0.111. The lowest BCUT2D eigenvalue weighted by atomic mass is 10.1. The highest BCUT2D eigenvalue weighted by molar-refractivity contribution is 6.33. The second kappa shape index (κ2) is 7.55. The number of aromatic nitrogens is 2. The zero-order valence-corrected chi connectivity index (χ0v) is 14.9. The van der Waals surface area contributed by atoms with Crippen molar-refractivity contribution in [3.8, 4) is 5.69 Å². The number of nitrogens with zero attached hydrogens (tertiary/aromatic N) is 3. The van der Waals surface area contributed by atoms with E-state index in [4.69, 9.17) is 11.6 Å². The smallest absolute Gasteiger partial charge is 0.270 e. The minimum Gasteiger partial charge on any atom is -0.348 e. The number of nitro benzene ring substituents is 1. The molecule has 0 bridgehead atoms. The summed E-state index contributed by atoms with van der Waals surface area (Å²) < 4.78 is 16.0. The predicted molar refractivity (Wildman–Crippen MR) is 97.5 cm³/mol. The Kier molecular flexibility index (Phi) is 5.18. The van der Waals surface area contributed by atoms with Crippen LogP contribution in [-0.4, -0.2) is 20.4 Å². The maximum atomic E-state index is 14.4. The van der Waals surface area contributed by atoms with Gasteiger partial charge in [0.1, 0.15) is 11.6 Å². The van der Waals surface area contributed by atoms with E-state index in [0.717, 1.165) is 6.07 Å². The molecule has 0 fully saturated rings. The summed E-state index contributed by atoms with van der Waals surface area (Å²) in [5, 5.41) is 13.5. The molecule has 9 heteroatoms. The van der Waals surface area contributed by atoms with Gasteiger partial charge in [0.05, 0.1) is 21.2 Å². The van der Waals surface area contributed by atoms with E-state index in [9.17, 15) is 19.3 Å². The van der Waals surface area contributed by atoms with E-state index in [2.05, 4.69) is 10.3 Å². The van der Waals surface area contributed by atoms with Crippen LogP contribution in [0.1, 0.15) is 21.7 Å². The molecular formula is C18H14ClFN4O3. The summed E-state index contributed by atoms with van der Waals surface area (Å²) in [5.74, 6) is -0.398. The highest BCUT2D eigenvalue weighted by Crippen LogP contribution is 2.22. The summed E-state index contributed by atoms with van der Waals surface area (Å²) in [6, 6.07) is 8.17. The molecule has 0 atom stereocenters. The van der Waals surface area contributed by atoms with Crippen molar-refractivity contribution >= 4 is 23.2 Å². The summed E-state index contributed by atoms with van der Waals surface area (Å²) >= 11 is 5.94. The third-order valence-electron chi connectivity index (χ3n) is 3.96. The molecule has 0 aliphatic rings. The largest absolute Gasteiger partial charge is 0.348 e. The molecule has 7 nitrogen and oxygen atoms in total. The van der Waals surface area contributed by atoms with Gasteiger partial charge in [-0.2, -0.15) is 0 Å². The number of carbonyl (C=O) groups excluding carboxylic acids is 1. The summed E-state index contributed by atoms with van der Waals surface area (Å²) in [4.78, 5) is 26.6. The van der Waals surface area contributed by atoms with Gasteiger partial charge < -0.3 is 9.88 Å². The van der Waals surface area contributed by atoms with Crippen LogP contribution in [0.5, 0.6) is 0 Å². The second-order valence-corrected chi connectivity index (χ2v) is 6.14. The average molecular weight is 389 g/mol. The molecule has 0 aliphatic heterocycles. The lowest BCUT2D eigenvalue weighted by Gasteiger charge is -2.10. The Labute approximate surface area is 158 Å². The van der Waals surface area contributed by atoms with Crippen molar-refractivity contribution in [1.29, 1.82) is 0 Å². The number of carbonyl (C=O) groups is 1. The molecule has 0 radical (unpaired) electrons. The lowest BCUT2D eigenvalue weighted by molar-refractivity contribution is -0.384. The van der Waals surface area contributed by atoms with Crippen LogP contribution in [0, 0.1) is 22.9 Å². The highest BCUT2D eigenvalue weighted by Gasteiger charge is 2.16. The van der Waals surface area contributed by atoms with Crippen LogP contribution < -0.4 is 5.32 Å². The Hall–Kier alpha value is -3.26. The van der Waals surface area contributed by atoms with Crippen LogP contribution in [0.2, 0.25) is 5.02 Å². The Morgan fingerprint density at radius 3 is 2.74 bits per heavy atom. The van der Waals surface area contributed by atoms with Crippen LogP contribution >= 0.6 is 11.6 Å². The van der Waals surface area contributed by atoms with Gasteiger partial charge >= 0.3 is 0 Å². The van der Waals surface area contributed by atoms with Gasteiger partial charge in [-0.3, -0.25) is 14.9 Å². The molecule has 0 spiro atoms. The Morgan fingerprint density at radius 2 is 2.11 bits per heavy atom. The Morgan fingerprint density at radius 1 is 1.33 bits per heavy atom. The molecular weight excluding hydrogens is 375 g/mol. The molecule has 0 aliphatic carbocycles. The SMILES string of the molecule is Cc1nccn1-c1ccc(CNC(=O)c2cc([N+](=O)[O-])ccc2Cl)cc1F. The van der Waals surface area contributed by atoms with Crippen molar-refractivity contribution in [3.63, 3.8) is 0 Å². The van der Waals surface area contributed by atoms with Crippen LogP contribution in [-0.2, 0) is 6.54 Å². The fourth-order valence-electron chi connectivity index (χ4n) is 2.57. The van der Waals surface area contributed by atoms with Gasteiger partial charge in [0, 0.05) is 31.1 Å². The summed E-state index contributed by atoms with van der Waals surface area (Å²) in [5.41, 5.74) is 0.623. The van der Waals surface area contributed by atoms with Crippen LogP contribution in [0.25, 0.3) is 5.69 Å². The Bertz CT molecular complexity index is 1040. The third kappa shape index (κ3) is 3.95. The third-order valence-corrected chi connectivity index (χ3v) is 4.29. The number of nitro groups is 1. The van der Waals surface area contributed by atoms with Crippen LogP contribution in [0.15, 0.2) is 48.8 Å². The molecule has 27 heavy (non-hydrogen) atoms. The summed E-state index contributed by atoms with van der Waals surface area (Å²) in [6.07, 6.45) is 3.23.